The molecule has 1 N–H and O–H groups in total. The Morgan fingerprint density at radius 1 is 1.75 bits per heavy atom. The normalized spacial score (nSPS) is 46.1. The zero-order chi connectivity index (χ0) is 5.56. The lowest BCUT2D eigenvalue weighted by molar-refractivity contribution is 0.0640. The van der Waals surface area contributed by atoms with Crippen LogP contribution in [-0.4, -0.2) is 37.5 Å². The zero-order valence-electron chi connectivity index (χ0n) is 4.92. The summed E-state index contributed by atoms with van der Waals surface area (Å²) in [6.07, 6.45) is 0.685. The van der Waals surface area contributed by atoms with Crippen LogP contribution in [0.4, 0.5) is 0 Å². The van der Waals surface area contributed by atoms with Crippen molar-refractivity contribution in [2.75, 3.05) is 20.1 Å². The second-order valence-corrected chi connectivity index (χ2v) is 2.43. The number of nitrogens with zero attached hydrogens (tertiary/aromatic N) is 1. The van der Waals surface area contributed by atoms with Gasteiger partial charge in [0.25, 0.3) is 0 Å². The van der Waals surface area contributed by atoms with Gasteiger partial charge in [0.1, 0.15) is 12.5 Å². The Morgan fingerprint density at radius 3 is 2.88 bits per heavy atom. The van der Waals surface area contributed by atoms with E-state index in [1.54, 1.807) is 0 Å². The molecular weight excluding hydrogens is 104 g/mol. The molecule has 0 aromatic carbocycles. The standard InChI is InChI=1S/C5H10N2O/c1-7-3-4-6-2-5(7)8-4/h4-6H,2-3H2,1H3. The molecule has 0 aromatic rings. The molecule has 3 heteroatoms. The van der Waals surface area contributed by atoms with Gasteiger partial charge < -0.3 is 4.74 Å². The lowest BCUT2D eigenvalue weighted by Crippen LogP contribution is -2.41. The smallest absolute Gasteiger partial charge is 0.125 e. The van der Waals surface area contributed by atoms with Gasteiger partial charge >= 0.3 is 0 Å². The maximum Gasteiger partial charge on any atom is 0.125 e. The van der Waals surface area contributed by atoms with E-state index >= 15 is 0 Å². The van der Waals surface area contributed by atoms with Gasteiger partial charge in [-0.15, -0.1) is 0 Å². The van der Waals surface area contributed by atoms with Crippen LogP contribution in [-0.2, 0) is 4.74 Å². The minimum Gasteiger partial charge on any atom is -0.342 e. The van der Waals surface area contributed by atoms with E-state index in [9.17, 15) is 0 Å². The highest BCUT2D eigenvalue weighted by Gasteiger charge is 2.35. The van der Waals surface area contributed by atoms with E-state index < -0.39 is 0 Å². The van der Waals surface area contributed by atoms with Crippen molar-refractivity contribution in [1.82, 2.24) is 10.2 Å². The summed E-state index contributed by atoms with van der Waals surface area (Å²) in [5.41, 5.74) is 0. The zero-order valence-corrected chi connectivity index (χ0v) is 4.92. The predicted octanol–water partition coefficient (Wildman–Crippen LogP) is -0.796. The van der Waals surface area contributed by atoms with Crippen LogP contribution in [0.2, 0.25) is 0 Å². The fraction of sp³-hybridized carbons (Fsp3) is 1.00. The molecule has 0 radical (unpaired) electrons. The van der Waals surface area contributed by atoms with E-state index in [1.807, 2.05) is 0 Å². The molecule has 0 spiro atoms. The van der Waals surface area contributed by atoms with Gasteiger partial charge in [-0.05, 0) is 7.05 Å². The molecule has 0 amide bonds. The van der Waals surface area contributed by atoms with Crippen LogP contribution >= 0.6 is 0 Å². The molecule has 2 aliphatic heterocycles. The Hall–Kier alpha value is -0.120. The van der Waals surface area contributed by atoms with E-state index in [0.717, 1.165) is 13.1 Å². The Balaban J connectivity index is 2.11. The fourth-order valence-electron chi connectivity index (χ4n) is 1.26. The monoisotopic (exact) mass is 114 g/mol. The highest BCUT2D eigenvalue weighted by molar-refractivity contribution is 4.82. The third kappa shape index (κ3) is 0.491. The summed E-state index contributed by atoms with van der Waals surface area (Å²) >= 11 is 0. The highest BCUT2D eigenvalue weighted by Crippen LogP contribution is 2.16. The van der Waals surface area contributed by atoms with Gasteiger partial charge in [0.2, 0.25) is 0 Å². The number of hydrogen-bond donors (Lipinski definition) is 1. The number of rotatable bonds is 0. The van der Waals surface area contributed by atoms with Crippen LogP contribution < -0.4 is 5.32 Å². The molecule has 0 aromatic heterocycles. The van der Waals surface area contributed by atoms with Gasteiger partial charge in [0, 0.05) is 13.1 Å². The van der Waals surface area contributed by atoms with Crippen LogP contribution in [0.25, 0.3) is 0 Å². The van der Waals surface area contributed by atoms with Crippen molar-refractivity contribution in [3.63, 3.8) is 0 Å². The molecule has 2 rings (SSSR count). The summed E-state index contributed by atoms with van der Waals surface area (Å²) in [6.45, 7) is 2.05. The number of nitrogens with one attached hydrogen (secondary N) is 1. The molecule has 0 saturated carbocycles. The van der Waals surface area contributed by atoms with Crippen molar-refractivity contribution in [2.45, 2.75) is 12.5 Å². The molecule has 2 unspecified atom stereocenters. The molecule has 2 bridgehead atoms. The van der Waals surface area contributed by atoms with E-state index in [2.05, 4.69) is 17.3 Å². The molecule has 0 aliphatic carbocycles. The van der Waals surface area contributed by atoms with Gasteiger partial charge in [-0.3, -0.25) is 10.2 Å². The van der Waals surface area contributed by atoms with Gasteiger partial charge in [0.05, 0.1) is 0 Å². The van der Waals surface area contributed by atoms with Crippen molar-refractivity contribution in [1.29, 1.82) is 0 Å². The number of likely N-dealkylation sites (N-methyl/N-ethyl adjacent to an activating group) is 1. The first kappa shape index (κ1) is 4.73. The van der Waals surface area contributed by atoms with Crippen molar-refractivity contribution >= 4 is 0 Å². The summed E-state index contributed by atoms with van der Waals surface area (Å²) in [4.78, 5) is 2.22. The van der Waals surface area contributed by atoms with Crippen LogP contribution in [0.3, 0.4) is 0 Å². The molecule has 2 atom stereocenters. The Morgan fingerprint density at radius 2 is 2.62 bits per heavy atom. The number of piperazine rings is 1. The molecule has 8 heavy (non-hydrogen) atoms. The molecular formula is C5H10N2O. The molecule has 2 heterocycles. The maximum atomic E-state index is 5.40. The average molecular weight is 114 g/mol. The SMILES string of the molecule is CN1CC2NCC1O2. The summed E-state index contributed by atoms with van der Waals surface area (Å²) in [5, 5.41) is 3.22. The van der Waals surface area contributed by atoms with Crippen molar-refractivity contribution in [2.24, 2.45) is 0 Å². The van der Waals surface area contributed by atoms with Crippen LogP contribution in [0, 0.1) is 0 Å². The van der Waals surface area contributed by atoms with Crippen LogP contribution in [0.5, 0.6) is 0 Å². The number of hydrogen-bond acceptors (Lipinski definition) is 3. The highest BCUT2D eigenvalue weighted by atomic mass is 16.5. The fourth-order valence-corrected chi connectivity index (χ4v) is 1.26. The lowest BCUT2D eigenvalue weighted by atomic mass is 10.4. The summed E-state index contributed by atoms with van der Waals surface area (Å²) < 4.78 is 5.40. The van der Waals surface area contributed by atoms with Gasteiger partial charge in [0.15, 0.2) is 0 Å². The average Bonchev–Trinajstić information content (AvgIpc) is 2.23. The minimum atomic E-state index is 0.324. The largest absolute Gasteiger partial charge is 0.342 e. The lowest BCUT2D eigenvalue weighted by Gasteiger charge is -2.17. The van der Waals surface area contributed by atoms with E-state index in [-0.39, 0.29) is 0 Å². The second-order valence-electron chi connectivity index (χ2n) is 2.43. The third-order valence-electron chi connectivity index (χ3n) is 1.79. The molecule has 2 aliphatic rings. The molecule has 2 fully saturated rings. The quantitative estimate of drug-likeness (QED) is 0.446. The van der Waals surface area contributed by atoms with E-state index in [0.29, 0.717) is 12.5 Å². The Bertz CT molecular complexity index is 105. The summed E-state index contributed by atoms with van der Waals surface area (Å²) in [5.74, 6) is 0. The number of ether oxygens (including phenoxy) is 1. The van der Waals surface area contributed by atoms with E-state index in [4.69, 9.17) is 4.74 Å². The molecule has 46 valence electrons. The molecule has 3 nitrogen and oxygen atoms in total. The van der Waals surface area contributed by atoms with Gasteiger partial charge in [-0.25, -0.2) is 0 Å². The van der Waals surface area contributed by atoms with Crippen LogP contribution in [0.15, 0.2) is 0 Å². The summed E-state index contributed by atoms with van der Waals surface area (Å²) in [6, 6.07) is 0. The van der Waals surface area contributed by atoms with Gasteiger partial charge in [-0.2, -0.15) is 0 Å². The third-order valence-corrected chi connectivity index (χ3v) is 1.79. The Labute approximate surface area is 48.6 Å². The van der Waals surface area contributed by atoms with Crippen molar-refractivity contribution in [3.8, 4) is 0 Å². The van der Waals surface area contributed by atoms with Crippen molar-refractivity contribution in [3.05, 3.63) is 0 Å². The first-order valence-corrected chi connectivity index (χ1v) is 2.95. The predicted molar refractivity (Wildman–Crippen MR) is 29.3 cm³/mol. The Kier molecular flexibility index (Phi) is 0.848. The van der Waals surface area contributed by atoms with E-state index in [1.165, 1.54) is 0 Å². The second kappa shape index (κ2) is 1.43. The first-order chi connectivity index (χ1) is 3.86. The number of fused-ring (bicyclic) bond motifs is 2. The van der Waals surface area contributed by atoms with Gasteiger partial charge in [-0.1, -0.05) is 0 Å². The van der Waals surface area contributed by atoms with Crippen molar-refractivity contribution < 1.29 is 4.74 Å². The first-order valence-electron chi connectivity index (χ1n) is 2.95. The summed E-state index contributed by atoms with van der Waals surface area (Å²) in [7, 11) is 2.09. The van der Waals surface area contributed by atoms with Crippen LogP contribution in [0.1, 0.15) is 0 Å². The maximum absolute atomic E-state index is 5.40. The molecule has 2 saturated heterocycles. The topological polar surface area (TPSA) is 24.5 Å². The minimum absolute atomic E-state index is 0.324.